The third kappa shape index (κ3) is 5.73. The second kappa shape index (κ2) is 11.5. The minimum absolute atomic E-state index is 0.0272. The monoisotopic (exact) mass is 529 g/mol. The Morgan fingerprint density at radius 2 is 1.82 bits per heavy atom. The number of pyridine rings is 1. The molecule has 1 amide bonds. The van der Waals surface area contributed by atoms with E-state index in [4.69, 9.17) is 14.5 Å². The van der Waals surface area contributed by atoms with Gasteiger partial charge in [0.25, 0.3) is 5.91 Å². The zero-order valence-corrected chi connectivity index (χ0v) is 21.8. The highest BCUT2D eigenvalue weighted by Gasteiger charge is 2.28. The number of thiazole rings is 1. The Labute approximate surface area is 224 Å². The van der Waals surface area contributed by atoms with Crippen LogP contribution in [-0.4, -0.2) is 41.0 Å². The summed E-state index contributed by atoms with van der Waals surface area (Å²) in [5.41, 5.74) is 4.74. The Morgan fingerprint density at radius 1 is 1.03 bits per heavy atom. The van der Waals surface area contributed by atoms with E-state index in [1.54, 1.807) is 12.3 Å². The molecular formula is C29H27N3O5S. The molecule has 0 saturated heterocycles. The molecule has 194 valence electrons. The molecule has 0 radical (unpaired) electrons. The van der Waals surface area contributed by atoms with Crippen molar-refractivity contribution in [3.63, 3.8) is 0 Å². The van der Waals surface area contributed by atoms with Crippen molar-refractivity contribution in [2.24, 2.45) is 0 Å². The fraction of sp³-hybridized carbons (Fsp3) is 0.276. The number of hydrogen-bond donors (Lipinski definition) is 1. The predicted octanol–water partition coefficient (Wildman–Crippen LogP) is 4.86. The first-order valence-corrected chi connectivity index (χ1v) is 13.4. The van der Waals surface area contributed by atoms with Gasteiger partial charge in [-0.05, 0) is 49.3 Å². The van der Waals surface area contributed by atoms with Crippen LogP contribution in [0.3, 0.4) is 0 Å². The number of carbonyl (C=O) groups excluding carboxylic acids is 3. The van der Waals surface area contributed by atoms with E-state index in [9.17, 15) is 14.4 Å². The average Bonchev–Trinajstić information content (AvgIpc) is 3.36. The van der Waals surface area contributed by atoms with Crippen molar-refractivity contribution in [2.45, 2.75) is 38.5 Å². The molecule has 0 fully saturated rings. The van der Waals surface area contributed by atoms with E-state index < -0.39 is 18.5 Å². The number of nitrogens with one attached hydrogen (secondary N) is 1. The molecule has 2 aromatic heterocycles. The molecule has 8 nitrogen and oxygen atoms in total. The fourth-order valence-electron chi connectivity index (χ4n) is 4.80. The molecule has 0 bridgehead atoms. The highest BCUT2D eigenvalue weighted by molar-refractivity contribution is 7.13. The lowest BCUT2D eigenvalue weighted by molar-refractivity contribution is -0.142. The molecule has 38 heavy (non-hydrogen) atoms. The van der Waals surface area contributed by atoms with Crippen LogP contribution in [0.1, 0.15) is 52.1 Å². The van der Waals surface area contributed by atoms with Crippen molar-refractivity contribution < 1.29 is 23.9 Å². The smallest absolute Gasteiger partial charge is 0.339 e. The van der Waals surface area contributed by atoms with E-state index in [-0.39, 0.29) is 18.3 Å². The van der Waals surface area contributed by atoms with E-state index in [2.05, 4.69) is 22.4 Å². The van der Waals surface area contributed by atoms with E-state index >= 15 is 0 Å². The van der Waals surface area contributed by atoms with Crippen molar-refractivity contribution in [3.05, 3.63) is 88.1 Å². The van der Waals surface area contributed by atoms with Gasteiger partial charge in [-0.15, -0.1) is 11.3 Å². The van der Waals surface area contributed by atoms with Crippen molar-refractivity contribution in [2.75, 3.05) is 18.5 Å². The van der Waals surface area contributed by atoms with Crippen molar-refractivity contribution in [1.29, 1.82) is 0 Å². The van der Waals surface area contributed by atoms with Crippen molar-refractivity contribution in [3.8, 4) is 0 Å². The second-order valence-electron chi connectivity index (χ2n) is 9.03. The van der Waals surface area contributed by atoms with Crippen LogP contribution in [-0.2, 0) is 38.3 Å². The topological polar surface area (TPSA) is 107 Å². The standard InChI is InChI=1S/C29H27N3O5S/c1-2-36-26(34)15-20-17-38-29(30-20)32-25(33)16-37-28(35)27-21-10-6-7-11-23(21)31-24-13-12-19(14-22(24)27)18-8-4-3-5-9-18/h3-11,17,19H,2,12-16H2,1H3,(H,30,32,33). The lowest BCUT2D eigenvalue weighted by Crippen LogP contribution is -2.23. The third-order valence-electron chi connectivity index (χ3n) is 6.50. The molecule has 2 aromatic carbocycles. The Balaban J connectivity index is 1.31. The van der Waals surface area contributed by atoms with Gasteiger partial charge in [-0.3, -0.25) is 19.9 Å². The van der Waals surface area contributed by atoms with Crippen LogP contribution in [0.25, 0.3) is 10.9 Å². The van der Waals surface area contributed by atoms with E-state index in [1.807, 2.05) is 42.5 Å². The maximum Gasteiger partial charge on any atom is 0.339 e. The molecule has 1 aliphatic rings. The minimum Gasteiger partial charge on any atom is -0.466 e. The summed E-state index contributed by atoms with van der Waals surface area (Å²) < 4.78 is 10.4. The number of nitrogens with zero attached hydrogens (tertiary/aromatic N) is 2. The van der Waals surface area contributed by atoms with Crippen molar-refractivity contribution in [1.82, 2.24) is 9.97 Å². The molecule has 1 aliphatic carbocycles. The van der Waals surface area contributed by atoms with Crippen LogP contribution in [0.15, 0.2) is 60.0 Å². The van der Waals surface area contributed by atoms with Crippen LogP contribution in [0.5, 0.6) is 0 Å². The summed E-state index contributed by atoms with van der Waals surface area (Å²) in [6.07, 6.45) is 2.42. The van der Waals surface area contributed by atoms with Gasteiger partial charge in [-0.25, -0.2) is 9.78 Å². The highest BCUT2D eigenvalue weighted by atomic mass is 32.1. The molecule has 9 heteroatoms. The lowest BCUT2D eigenvalue weighted by Gasteiger charge is -2.26. The van der Waals surface area contributed by atoms with E-state index in [1.165, 1.54) is 16.9 Å². The fourth-order valence-corrected chi connectivity index (χ4v) is 5.52. The highest BCUT2D eigenvalue weighted by Crippen LogP contribution is 2.36. The molecule has 5 rings (SSSR count). The molecule has 4 aromatic rings. The van der Waals surface area contributed by atoms with Gasteiger partial charge in [-0.2, -0.15) is 0 Å². The molecule has 0 saturated carbocycles. The number of fused-ring (bicyclic) bond motifs is 2. The van der Waals surface area contributed by atoms with Crippen LogP contribution in [0, 0.1) is 0 Å². The molecule has 1 unspecified atom stereocenters. The quantitative estimate of drug-likeness (QED) is 0.325. The summed E-state index contributed by atoms with van der Waals surface area (Å²) in [5.74, 6) is -1.17. The number of hydrogen-bond acceptors (Lipinski definition) is 8. The van der Waals surface area contributed by atoms with Gasteiger partial charge < -0.3 is 9.47 Å². The molecular weight excluding hydrogens is 502 g/mol. The summed E-state index contributed by atoms with van der Waals surface area (Å²) in [5, 5.41) is 5.35. The average molecular weight is 530 g/mol. The van der Waals surface area contributed by atoms with Crippen LogP contribution in [0.4, 0.5) is 5.13 Å². The maximum atomic E-state index is 13.4. The van der Waals surface area contributed by atoms with Crippen LogP contribution in [0.2, 0.25) is 0 Å². The molecule has 0 aliphatic heterocycles. The first-order chi connectivity index (χ1) is 18.5. The number of aromatic nitrogens is 2. The number of amides is 1. The molecule has 0 spiro atoms. The van der Waals surface area contributed by atoms with Crippen LogP contribution < -0.4 is 5.32 Å². The van der Waals surface area contributed by atoms with E-state index in [0.717, 1.165) is 29.6 Å². The largest absolute Gasteiger partial charge is 0.466 e. The number of esters is 2. The zero-order valence-electron chi connectivity index (χ0n) is 20.9. The Kier molecular flexibility index (Phi) is 7.74. The Morgan fingerprint density at radius 3 is 2.63 bits per heavy atom. The first-order valence-electron chi connectivity index (χ1n) is 12.5. The van der Waals surface area contributed by atoms with Gasteiger partial charge in [0.15, 0.2) is 11.7 Å². The molecule has 1 atom stereocenters. The maximum absolute atomic E-state index is 13.4. The number of anilines is 1. The van der Waals surface area contributed by atoms with Crippen molar-refractivity contribution >= 4 is 45.2 Å². The zero-order chi connectivity index (χ0) is 26.5. The predicted molar refractivity (Wildman–Crippen MR) is 144 cm³/mol. The number of para-hydroxylation sites is 1. The van der Waals surface area contributed by atoms with Crippen LogP contribution >= 0.6 is 11.3 Å². The van der Waals surface area contributed by atoms with E-state index in [0.29, 0.717) is 34.8 Å². The normalized spacial score (nSPS) is 14.5. The number of carbonyl (C=O) groups is 3. The first kappa shape index (κ1) is 25.5. The van der Waals surface area contributed by atoms with Gasteiger partial charge in [0.1, 0.15) is 0 Å². The Hall–Kier alpha value is -4.11. The summed E-state index contributed by atoms with van der Waals surface area (Å²) in [6, 6.07) is 17.8. The van der Waals surface area contributed by atoms with Gasteiger partial charge >= 0.3 is 11.9 Å². The summed E-state index contributed by atoms with van der Waals surface area (Å²) in [6.45, 7) is 1.57. The number of rotatable bonds is 8. The van der Waals surface area contributed by atoms with Gasteiger partial charge in [-0.1, -0.05) is 48.5 Å². The van der Waals surface area contributed by atoms with Gasteiger partial charge in [0, 0.05) is 16.5 Å². The summed E-state index contributed by atoms with van der Waals surface area (Å²) >= 11 is 1.19. The number of benzene rings is 2. The summed E-state index contributed by atoms with van der Waals surface area (Å²) in [7, 11) is 0. The minimum atomic E-state index is -0.550. The van der Waals surface area contributed by atoms with Gasteiger partial charge in [0.05, 0.1) is 29.8 Å². The molecule has 1 N–H and O–H groups in total. The SMILES string of the molecule is CCOC(=O)Cc1csc(NC(=O)COC(=O)c2c3c(nc4ccccc24)CCC(c2ccccc2)C3)n1. The second-order valence-corrected chi connectivity index (χ2v) is 9.89. The third-order valence-corrected chi connectivity index (χ3v) is 7.30. The number of aryl methyl sites for hydroxylation is 1. The molecule has 2 heterocycles. The number of ether oxygens (including phenoxy) is 2. The van der Waals surface area contributed by atoms with Gasteiger partial charge in [0.2, 0.25) is 0 Å². The lowest BCUT2D eigenvalue weighted by atomic mass is 9.80. The summed E-state index contributed by atoms with van der Waals surface area (Å²) in [4.78, 5) is 46.7. The Bertz CT molecular complexity index is 1480.